The minimum atomic E-state index is -1.34. The van der Waals surface area contributed by atoms with Gasteiger partial charge in [0.25, 0.3) is 0 Å². The Hall–Kier alpha value is -3.53. The highest BCUT2D eigenvalue weighted by Crippen LogP contribution is 2.14. The molecule has 4 aromatic rings. The summed E-state index contributed by atoms with van der Waals surface area (Å²) in [5.74, 6) is 0.828. The van der Waals surface area contributed by atoms with Crippen LogP contribution in [0, 0.1) is 0 Å². The van der Waals surface area contributed by atoms with Crippen molar-refractivity contribution in [3.63, 3.8) is 0 Å². The summed E-state index contributed by atoms with van der Waals surface area (Å²) in [5, 5.41) is 32.2. The molecule has 0 radical (unpaired) electrons. The second-order valence-electron chi connectivity index (χ2n) is 5.77. The van der Waals surface area contributed by atoms with Crippen molar-refractivity contribution in [1.29, 1.82) is 0 Å². The van der Waals surface area contributed by atoms with E-state index in [0.29, 0.717) is 22.3 Å². The molecule has 2 aromatic carbocycles. The van der Waals surface area contributed by atoms with Crippen LogP contribution < -0.4 is 16.9 Å². The number of nitrogens with zero attached hydrogens (tertiary/aromatic N) is 4. The molecule has 0 fully saturated rings. The summed E-state index contributed by atoms with van der Waals surface area (Å²) in [6.45, 7) is 0. The van der Waals surface area contributed by atoms with E-state index in [1.54, 1.807) is 42.5 Å². The van der Waals surface area contributed by atoms with Crippen LogP contribution in [0.25, 0.3) is 11.3 Å². The maximum Gasteiger partial charge on any atom is 0.488 e. The van der Waals surface area contributed by atoms with Gasteiger partial charge < -0.3 is 21.5 Å². The van der Waals surface area contributed by atoms with Gasteiger partial charge in [0.2, 0.25) is 0 Å². The molecule has 0 aliphatic heterocycles. The van der Waals surface area contributed by atoms with Gasteiger partial charge in [-0.3, -0.25) is 0 Å². The lowest BCUT2D eigenvalue weighted by molar-refractivity contribution is 0.426. The van der Waals surface area contributed by atoms with Crippen molar-refractivity contribution < 1.29 is 10.0 Å². The van der Waals surface area contributed by atoms with E-state index < -0.39 is 7.12 Å². The van der Waals surface area contributed by atoms with E-state index in [-0.39, 0.29) is 0 Å². The largest absolute Gasteiger partial charge is 0.488 e. The Bertz CT molecular complexity index is 970. The molecule has 0 aliphatic carbocycles. The van der Waals surface area contributed by atoms with Gasteiger partial charge in [-0.2, -0.15) is 0 Å². The zero-order valence-corrected chi connectivity index (χ0v) is 16.6. The van der Waals surface area contributed by atoms with Gasteiger partial charge in [0, 0.05) is 5.56 Å². The van der Waals surface area contributed by atoms with Crippen molar-refractivity contribution in [2.45, 2.75) is 0 Å². The van der Waals surface area contributed by atoms with E-state index >= 15 is 0 Å². The predicted molar refractivity (Wildman–Crippen MR) is 120 cm³/mol. The number of nitrogen functional groups attached to an aromatic ring is 2. The summed E-state index contributed by atoms with van der Waals surface area (Å²) in [6, 6.07) is 25.3. The fourth-order valence-corrected chi connectivity index (χ4v) is 2.16. The SMILES string of the molecule is Nc1ccc(-c2ccccc2)nn1.Nc1ccc(Cl)nn1.OB(O)c1ccccc1. The monoisotopic (exact) mass is 422 g/mol. The number of anilines is 2. The zero-order chi connectivity index (χ0) is 21.8. The van der Waals surface area contributed by atoms with Crippen LogP contribution in [0.15, 0.2) is 84.9 Å². The van der Waals surface area contributed by atoms with E-state index in [1.807, 2.05) is 42.5 Å². The average Bonchev–Trinajstić information content (AvgIpc) is 2.78. The van der Waals surface area contributed by atoms with Crippen LogP contribution in [-0.4, -0.2) is 37.6 Å². The van der Waals surface area contributed by atoms with Crippen LogP contribution in [0.4, 0.5) is 11.6 Å². The molecule has 0 bridgehead atoms. The molecule has 6 N–H and O–H groups in total. The van der Waals surface area contributed by atoms with Crippen molar-refractivity contribution in [3.8, 4) is 11.3 Å². The number of aromatic nitrogens is 4. The Balaban J connectivity index is 0.000000167. The van der Waals surface area contributed by atoms with Crippen LogP contribution in [0.5, 0.6) is 0 Å². The Morgan fingerprint density at radius 3 is 1.57 bits per heavy atom. The number of nitrogens with two attached hydrogens (primary N) is 2. The molecule has 0 unspecified atom stereocenters. The molecule has 0 saturated heterocycles. The van der Waals surface area contributed by atoms with Crippen LogP contribution in [0.3, 0.4) is 0 Å². The standard InChI is InChI=1S/C10H9N3.C6H7BO2.C4H4ClN3/c11-10-7-6-9(12-13-10)8-4-2-1-3-5-8;8-7(9)6-4-2-1-3-5-6;5-3-1-2-4(6)8-7-3/h1-7H,(H2,11,13);1-5,8-9H;1-2H,(H2,6,8). The van der Waals surface area contributed by atoms with Crippen molar-refractivity contribution in [3.05, 3.63) is 90.1 Å². The quantitative estimate of drug-likeness (QED) is 0.358. The van der Waals surface area contributed by atoms with Crippen LogP contribution >= 0.6 is 11.6 Å². The van der Waals surface area contributed by atoms with Gasteiger partial charge in [-0.15, -0.1) is 20.4 Å². The van der Waals surface area contributed by atoms with E-state index in [1.165, 1.54) is 0 Å². The molecule has 0 saturated carbocycles. The van der Waals surface area contributed by atoms with E-state index in [2.05, 4.69) is 20.4 Å². The van der Waals surface area contributed by atoms with E-state index in [0.717, 1.165) is 11.3 Å². The highest BCUT2D eigenvalue weighted by molar-refractivity contribution is 6.58. The number of benzene rings is 2. The maximum atomic E-state index is 8.58. The minimum absolute atomic E-state index is 0.360. The molecule has 0 amide bonds. The zero-order valence-electron chi connectivity index (χ0n) is 15.9. The number of hydrogen-bond donors (Lipinski definition) is 4. The Morgan fingerprint density at radius 1 is 0.633 bits per heavy atom. The van der Waals surface area contributed by atoms with Gasteiger partial charge in [-0.25, -0.2) is 0 Å². The second-order valence-corrected chi connectivity index (χ2v) is 6.16. The average molecular weight is 423 g/mol. The topological polar surface area (TPSA) is 144 Å². The summed E-state index contributed by atoms with van der Waals surface area (Å²) in [6.07, 6.45) is 0. The molecule has 10 heteroatoms. The maximum absolute atomic E-state index is 8.58. The summed E-state index contributed by atoms with van der Waals surface area (Å²) in [4.78, 5) is 0. The molecule has 2 aromatic heterocycles. The minimum Gasteiger partial charge on any atom is -0.423 e. The first-order chi connectivity index (χ1) is 14.5. The number of hydrogen-bond acceptors (Lipinski definition) is 8. The molecule has 0 spiro atoms. The highest BCUT2D eigenvalue weighted by Gasteiger charge is 2.07. The third-order valence-electron chi connectivity index (χ3n) is 3.51. The molecule has 2 heterocycles. The molecule has 8 nitrogen and oxygen atoms in total. The summed E-state index contributed by atoms with van der Waals surface area (Å²) in [5.41, 5.74) is 13.0. The fraction of sp³-hybridized carbons (Fsp3) is 0. The molecular weight excluding hydrogens is 403 g/mol. The van der Waals surface area contributed by atoms with Crippen LogP contribution in [0.2, 0.25) is 5.15 Å². The van der Waals surface area contributed by atoms with Gasteiger partial charge in [0.15, 0.2) is 5.15 Å². The van der Waals surface area contributed by atoms with E-state index in [9.17, 15) is 0 Å². The lowest BCUT2D eigenvalue weighted by Crippen LogP contribution is -2.29. The van der Waals surface area contributed by atoms with Crippen molar-refractivity contribution in [1.82, 2.24) is 20.4 Å². The number of halogens is 1. The Labute approximate surface area is 179 Å². The molecule has 30 heavy (non-hydrogen) atoms. The molecule has 0 aliphatic rings. The van der Waals surface area contributed by atoms with Crippen molar-refractivity contribution >= 4 is 35.8 Å². The van der Waals surface area contributed by atoms with Crippen LogP contribution in [-0.2, 0) is 0 Å². The van der Waals surface area contributed by atoms with Gasteiger partial charge in [-0.1, -0.05) is 72.3 Å². The molecule has 152 valence electrons. The van der Waals surface area contributed by atoms with Gasteiger partial charge in [0.05, 0.1) is 5.69 Å². The molecule has 0 atom stereocenters. The van der Waals surface area contributed by atoms with Gasteiger partial charge in [0.1, 0.15) is 11.6 Å². The molecular formula is C20H20BClN6O2. The van der Waals surface area contributed by atoms with Crippen molar-refractivity contribution in [2.75, 3.05) is 11.5 Å². The first-order valence-corrected chi connectivity index (χ1v) is 9.14. The Morgan fingerprint density at radius 2 is 1.17 bits per heavy atom. The smallest absolute Gasteiger partial charge is 0.423 e. The Kier molecular flexibility index (Phi) is 9.20. The van der Waals surface area contributed by atoms with Crippen LogP contribution in [0.1, 0.15) is 0 Å². The molecule has 4 rings (SSSR count). The van der Waals surface area contributed by atoms with Gasteiger partial charge >= 0.3 is 7.12 Å². The third-order valence-corrected chi connectivity index (χ3v) is 3.71. The lowest BCUT2D eigenvalue weighted by Gasteiger charge is -1.98. The summed E-state index contributed by atoms with van der Waals surface area (Å²) >= 11 is 5.38. The fourth-order valence-electron chi connectivity index (χ4n) is 2.06. The summed E-state index contributed by atoms with van der Waals surface area (Å²) < 4.78 is 0. The van der Waals surface area contributed by atoms with E-state index in [4.69, 9.17) is 33.1 Å². The highest BCUT2D eigenvalue weighted by atomic mass is 35.5. The second kappa shape index (κ2) is 12.1. The van der Waals surface area contributed by atoms with Crippen molar-refractivity contribution in [2.24, 2.45) is 0 Å². The first kappa shape index (κ1) is 22.8. The van der Waals surface area contributed by atoms with Gasteiger partial charge in [-0.05, 0) is 29.7 Å². The lowest BCUT2D eigenvalue weighted by atomic mass is 9.81. The number of rotatable bonds is 2. The third kappa shape index (κ3) is 8.23. The normalized spacial score (nSPS) is 9.43. The predicted octanol–water partition coefficient (Wildman–Crippen LogP) is 1.80. The first-order valence-electron chi connectivity index (χ1n) is 8.76. The summed E-state index contributed by atoms with van der Waals surface area (Å²) in [7, 11) is -1.34.